The molecule has 0 bridgehead atoms. The zero-order chi connectivity index (χ0) is 14.5. The molecule has 0 aliphatic heterocycles. The maximum Gasteiger partial charge on any atom is 0.239 e. The van der Waals surface area contributed by atoms with Crippen molar-refractivity contribution in [2.45, 2.75) is 13.5 Å². The molecule has 0 fully saturated rings. The van der Waals surface area contributed by atoms with Crippen molar-refractivity contribution in [1.82, 2.24) is 20.1 Å². The number of carbonyl (C=O) groups excluding carboxylic acids is 1. The number of pyridine rings is 1. The van der Waals surface area contributed by atoms with Crippen LogP contribution in [0.4, 0.5) is 5.82 Å². The Kier molecular flexibility index (Phi) is 4.80. The molecule has 7 nitrogen and oxygen atoms in total. The minimum absolute atomic E-state index is 0.154. The first-order valence-corrected chi connectivity index (χ1v) is 6.71. The smallest absolute Gasteiger partial charge is 0.239 e. The van der Waals surface area contributed by atoms with Gasteiger partial charge < -0.3 is 9.73 Å². The van der Waals surface area contributed by atoms with Crippen LogP contribution < -0.4 is 5.32 Å². The summed E-state index contributed by atoms with van der Waals surface area (Å²) in [7, 11) is 1.80. The molecule has 0 spiro atoms. The number of aryl methyl sites for hydroxylation is 1. The highest BCUT2D eigenvalue weighted by molar-refractivity contribution is 9.10. The van der Waals surface area contributed by atoms with E-state index >= 15 is 0 Å². The maximum absolute atomic E-state index is 11.8. The quantitative estimate of drug-likeness (QED) is 0.890. The van der Waals surface area contributed by atoms with Gasteiger partial charge in [0.15, 0.2) is 0 Å². The zero-order valence-electron chi connectivity index (χ0n) is 11.1. The Morgan fingerprint density at radius 1 is 1.45 bits per heavy atom. The Bertz CT molecular complexity index is 584. The van der Waals surface area contributed by atoms with Crippen molar-refractivity contribution < 1.29 is 9.21 Å². The summed E-state index contributed by atoms with van der Waals surface area (Å²) in [6, 6.07) is 3.54. The molecule has 2 aromatic heterocycles. The summed E-state index contributed by atoms with van der Waals surface area (Å²) < 4.78 is 6.11. The predicted octanol–water partition coefficient (Wildman–Crippen LogP) is 1.61. The van der Waals surface area contributed by atoms with E-state index in [4.69, 9.17) is 4.42 Å². The van der Waals surface area contributed by atoms with Gasteiger partial charge in [-0.25, -0.2) is 4.98 Å². The molecule has 1 amide bonds. The minimum Gasteiger partial charge on any atom is -0.424 e. The number of carbonyl (C=O) groups is 1. The van der Waals surface area contributed by atoms with Crippen molar-refractivity contribution in [3.63, 3.8) is 0 Å². The molecule has 0 radical (unpaired) electrons. The lowest BCUT2D eigenvalue weighted by molar-refractivity contribution is -0.117. The number of rotatable bonds is 5. The summed E-state index contributed by atoms with van der Waals surface area (Å²) in [5.74, 6) is 1.36. The highest BCUT2D eigenvalue weighted by Crippen LogP contribution is 2.10. The van der Waals surface area contributed by atoms with E-state index in [1.54, 1.807) is 31.1 Å². The Morgan fingerprint density at radius 2 is 2.25 bits per heavy atom. The molecule has 0 aromatic carbocycles. The summed E-state index contributed by atoms with van der Waals surface area (Å²) in [5, 5.41) is 10.3. The standard InChI is InChI=1S/C12H14BrN5O2/c1-8-16-17-12(20-8)7-18(2)6-11(19)15-10-4-3-9(13)5-14-10/h3-5H,6-7H2,1-2H3,(H,14,15,19). The van der Waals surface area contributed by atoms with Crippen molar-refractivity contribution in [1.29, 1.82) is 0 Å². The Morgan fingerprint density at radius 3 is 2.85 bits per heavy atom. The molecule has 106 valence electrons. The number of anilines is 1. The van der Waals surface area contributed by atoms with Crippen LogP contribution in [0, 0.1) is 6.92 Å². The first-order valence-electron chi connectivity index (χ1n) is 5.92. The molecule has 0 aliphatic carbocycles. The van der Waals surface area contributed by atoms with Gasteiger partial charge in [0.25, 0.3) is 0 Å². The van der Waals surface area contributed by atoms with Crippen LogP contribution in [-0.4, -0.2) is 39.6 Å². The van der Waals surface area contributed by atoms with Crippen LogP contribution in [0.5, 0.6) is 0 Å². The predicted molar refractivity (Wildman–Crippen MR) is 75.9 cm³/mol. The molecule has 0 atom stereocenters. The Labute approximate surface area is 124 Å². The summed E-state index contributed by atoms with van der Waals surface area (Å²) in [4.78, 5) is 17.7. The third-order valence-electron chi connectivity index (χ3n) is 2.38. The molecule has 0 saturated carbocycles. The number of nitrogens with one attached hydrogen (secondary N) is 1. The first-order chi connectivity index (χ1) is 9.52. The van der Waals surface area contributed by atoms with E-state index in [-0.39, 0.29) is 12.5 Å². The normalized spacial score (nSPS) is 10.8. The maximum atomic E-state index is 11.8. The van der Waals surface area contributed by atoms with Gasteiger partial charge in [-0.15, -0.1) is 10.2 Å². The average molecular weight is 340 g/mol. The van der Waals surface area contributed by atoms with E-state index in [2.05, 4.69) is 36.4 Å². The van der Waals surface area contributed by atoms with E-state index in [0.29, 0.717) is 24.1 Å². The number of hydrogen-bond acceptors (Lipinski definition) is 6. The number of likely N-dealkylation sites (N-methyl/N-ethyl adjacent to an activating group) is 1. The van der Waals surface area contributed by atoms with Gasteiger partial charge in [-0.3, -0.25) is 9.69 Å². The number of nitrogens with zero attached hydrogens (tertiary/aromatic N) is 4. The van der Waals surface area contributed by atoms with Gasteiger partial charge in [0, 0.05) is 17.6 Å². The summed E-state index contributed by atoms with van der Waals surface area (Å²) >= 11 is 3.28. The van der Waals surface area contributed by atoms with Crippen molar-refractivity contribution in [3.05, 3.63) is 34.6 Å². The summed E-state index contributed by atoms with van der Waals surface area (Å²) in [5.41, 5.74) is 0. The molecular weight excluding hydrogens is 326 g/mol. The second kappa shape index (κ2) is 6.58. The fraction of sp³-hybridized carbons (Fsp3) is 0.333. The largest absolute Gasteiger partial charge is 0.424 e. The lowest BCUT2D eigenvalue weighted by Crippen LogP contribution is -2.30. The third kappa shape index (κ3) is 4.39. The molecule has 0 saturated heterocycles. The fourth-order valence-corrected chi connectivity index (χ4v) is 1.80. The van der Waals surface area contributed by atoms with Gasteiger partial charge in [-0.05, 0) is 35.1 Å². The highest BCUT2D eigenvalue weighted by Gasteiger charge is 2.11. The van der Waals surface area contributed by atoms with Gasteiger partial charge in [0.2, 0.25) is 17.7 Å². The van der Waals surface area contributed by atoms with Crippen molar-refractivity contribution in [3.8, 4) is 0 Å². The number of halogens is 1. The summed E-state index contributed by atoms with van der Waals surface area (Å²) in [6.07, 6.45) is 1.63. The van der Waals surface area contributed by atoms with Gasteiger partial charge in [0.1, 0.15) is 5.82 Å². The monoisotopic (exact) mass is 339 g/mol. The average Bonchev–Trinajstić information content (AvgIpc) is 2.77. The van der Waals surface area contributed by atoms with Gasteiger partial charge >= 0.3 is 0 Å². The molecular formula is C12H14BrN5O2. The van der Waals surface area contributed by atoms with E-state index in [1.807, 2.05) is 6.07 Å². The van der Waals surface area contributed by atoms with Crippen molar-refractivity contribution >= 4 is 27.7 Å². The zero-order valence-corrected chi connectivity index (χ0v) is 12.7. The van der Waals surface area contributed by atoms with E-state index in [1.165, 1.54) is 0 Å². The van der Waals surface area contributed by atoms with E-state index in [0.717, 1.165) is 4.47 Å². The molecule has 2 aromatic rings. The van der Waals surface area contributed by atoms with Gasteiger partial charge in [-0.2, -0.15) is 0 Å². The third-order valence-corrected chi connectivity index (χ3v) is 2.85. The lowest BCUT2D eigenvalue weighted by Gasteiger charge is -2.13. The SMILES string of the molecule is Cc1nnc(CN(C)CC(=O)Nc2ccc(Br)cn2)o1. The van der Waals surface area contributed by atoms with Crippen LogP contribution in [0.3, 0.4) is 0 Å². The van der Waals surface area contributed by atoms with Crippen LogP contribution in [0.1, 0.15) is 11.8 Å². The van der Waals surface area contributed by atoms with Crippen LogP contribution in [0.15, 0.2) is 27.2 Å². The van der Waals surface area contributed by atoms with Gasteiger partial charge in [0.05, 0.1) is 13.1 Å². The minimum atomic E-state index is -0.154. The lowest BCUT2D eigenvalue weighted by atomic mass is 10.4. The van der Waals surface area contributed by atoms with E-state index < -0.39 is 0 Å². The Balaban J connectivity index is 1.83. The van der Waals surface area contributed by atoms with Crippen molar-refractivity contribution in [2.24, 2.45) is 0 Å². The fourth-order valence-electron chi connectivity index (χ4n) is 1.57. The number of aromatic nitrogens is 3. The molecule has 2 heterocycles. The van der Waals surface area contributed by atoms with Crippen LogP contribution in [-0.2, 0) is 11.3 Å². The first kappa shape index (κ1) is 14.6. The second-order valence-electron chi connectivity index (χ2n) is 4.30. The van der Waals surface area contributed by atoms with Crippen LogP contribution >= 0.6 is 15.9 Å². The Hall–Kier alpha value is -1.80. The van der Waals surface area contributed by atoms with Crippen LogP contribution in [0.25, 0.3) is 0 Å². The molecule has 2 rings (SSSR count). The van der Waals surface area contributed by atoms with Crippen molar-refractivity contribution in [2.75, 3.05) is 18.9 Å². The topological polar surface area (TPSA) is 84.2 Å². The molecule has 20 heavy (non-hydrogen) atoms. The molecule has 0 unspecified atom stereocenters. The second-order valence-corrected chi connectivity index (χ2v) is 5.21. The van der Waals surface area contributed by atoms with E-state index in [9.17, 15) is 4.79 Å². The van der Waals surface area contributed by atoms with Gasteiger partial charge in [-0.1, -0.05) is 0 Å². The number of hydrogen-bond donors (Lipinski definition) is 1. The van der Waals surface area contributed by atoms with Crippen LogP contribution in [0.2, 0.25) is 0 Å². The summed E-state index contributed by atoms with van der Waals surface area (Å²) in [6.45, 7) is 2.35. The number of amides is 1. The molecule has 1 N–H and O–H groups in total. The highest BCUT2D eigenvalue weighted by atomic mass is 79.9. The molecule has 0 aliphatic rings. The molecule has 8 heteroatoms.